The first-order chi connectivity index (χ1) is 10.9. The van der Waals surface area contributed by atoms with E-state index in [0.717, 1.165) is 10.0 Å². The van der Waals surface area contributed by atoms with Crippen LogP contribution in [0.1, 0.15) is 21.5 Å². The van der Waals surface area contributed by atoms with Crippen molar-refractivity contribution in [3.63, 3.8) is 0 Å². The second kappa shape index (κ2) is 7.34. The molecule has 0 radical (unpaired) electrons. The summed E-state index contributed by atoms with van der Waals surface area (Å²) in [6.07, 6.45) is 1.31. The van der Waals surface area contributed by atoms with E-state index in [1.54, 1.807) is 18.2 Å². The van der Waals surface area contributed by atoms with Gasteiger partial charge in [0.25, 0.3) is 11.6 Å². The Morgan fingerprint density at radius 1 is 1.35 bits per heavy atom. The van der Waals surface area contributed by atoms with Gasteiger partial charge in [0.1, 0.15) is 5.02 Å². The number of nitro benzene ring substituents is 1. The number of hydrogen-bond donors (Lipinski definition) is 1. The Morgan fingerprint density at radius 2 is 2.09 bits per heavy atom. The number of benzene rings is 2. The van der Waals surface area contributed by atoms with E-state index in [-0.39, 0.29) is 16.6 Å². The highest BCUT2D eigenvalue weighted by molar-refractivity contribution is 9.10. The molecule has 0 unspecified atom stereocenters. The van der Waals surface area contributed by atoms with Crippen LogP contribution in [0.5, 0.6) is 0 Å². The molecular weight excluding hydrogens is 386 g/mol. The van der Waals surface area contributed by atoms with Crippen LogP contribution in [0.2, 0.25) is 5.02 Å². The third-order valence-electron chi connectivity index (χ3n) is 2.98. The summed E-state index contributed by atoms with van der Waals surface area (Å²) in [5, 5.41) is 14.6. The lowest BCUT2D eigenvalue weighted by Crippen LogP contribution is -2.17. The fraction of sp³-hybridized carbons (Fsp3) is 0.0667. The molecule has 0 aliphatic carbocycles. The molecule has 0 aromatic heterocycles. The minimum atomic E-state index is -0.581. The van der Waals surface area contributed by atoms with Crippen molar-refractivity contribution >= 4 is 45.3 Å². The number of amides is 1. The van der Waals surface area contributed by atoms with Crippen LogP contribution >= 0.6 is 27.5 Å². The predicted molar refractivity (Wildman–Crippen MR) is 92.0 cm³/mol. The number of aryl methyl sites for hydroxylation is 1. The molecule has 2 rings (SSSR count). The first kappa shape index (κ1) is 17.1. The smallest absolute Gasteiger partial charge is 0.267 e. The first-order valence-corrected chi connectivity index (χ1v) is 7.59. The largest absolute Gasteiger partial charge is 0.288 e. The van der Waals surface area contributed by atoms with Crippen LogP contribution < -0.4 is 5.43 Å². The zero-order valence-electron chi connectivity index (χ0n) is 11.9. The topological polar surface area (TPSA) is 84.6 Å². The van der Waals surface area contributed by atoms with E-state index in [9.17, 15) is 14.9 Å². The summed E-state index contributed by atoms with van der Waals surface area (Å²) in [6.45, 7) is 1.91. The number of carbonyl (C=O) groups excluding carboxylic acids is 1. The van der Waals surface area contributed by atoms with Crippen LogP contribution in [0.4, 0.5) is 5.69 Å². The molecule has 0 saturated heterocycles. The lowest BCUT2D eigenvalue weighted by Gasteiger charge is -2.03. The van der Waals surface area contributed by atoms with Crippen LogP contribution in [0.15, 0.2) is 46.0 Å². The molecule has 0 spiro atoms. The molecule has 0 saturated carbocycles. The molecule has 0 aliphatic rings. The lowest BCUT2D eigenvalue weighted by atomic mass is 10.1. The van der Waals surface area contributed by atoms with Gasteiger partial charge in [-0.25, -0.2) is 5.43 Å². The second-order valence-electron chi connectivity index (χ2n) is 4.63. The van der Waals surface area contributed by atoms with E-state index in [1.807, 2.05) is 13.0 Å². The summed E-state index contributed by atoms with van der Waals surface area (Å²) < 4.78 is 0.822. The maximum Gasteiger partial charge on any atom is 0.288 e. The van der Waals surface area contributed by atoms with Gasteiger partial charge in [-0.1, -0.05) is 39.7 Å². The number of hydrazone groups is 1. The van der Waals surface area contributed by atoms with Gasteiger partial charge in [-0.3, -0.25) is 14.9 Å². The maximum absolute atomic E-state index is 12.0. The van der Waals surface area contributed by atoms with Crippen molar-refractivity contribution in [2.24, 2.45) is 5.10 Å². The molecule has 2 aromatic rings. The molecule has 118 valence electrons. The number of halogens is 2. The summed E-state index contributed by atoms with van der Waals surface area (Å²) in [5.74, 6) is -0.384. The summed E-state index contributed by atoms with van der Waals surface area (Å²) >= 11 is 9.08. The van der Waals surface area contributed by atoms with Crippen molar-refractivity contribution in [3.8, 4) is 0 Å². The molecule has 0 fully saturated rings. The van der Waals surface area contributed by atoms with Gasteiger partial charge in [-0.15, -0.1) is 0 Å². The minimum absolute atomic E-state index is 0.0423. The lowest BCUT2D eigenvalue weighted by molar-refractivity contribution is -0.384. The molecule has 0 atom stereocenters. The molecule has 1 N–H and O–H groups in total. The number of nitrogens with one attached hydrogen (secondary N) is 1. The van der Waals surface area contributed by atoms with E-state index in [2.05, 4.69) is 26.5 Å². The SMILES string of the molecule is Cc1ccc(C(=O)N/N=C/c2ccc(Cl)c([N+](=O)[O-])c2)cc1Br. The van der Waals surface area contributed by atoms with Gasteiger partial charge < -0.3 is 0 Å². The molecule has 1 amide bonds. The number of nitrogens with zero attached hydrogens (tertiary/aromatic N) is 2. The summed E-state index contributed by atoms with van der Waals surface area (Å²) in [6, 6.07) is 9.42. The van der Waals surface area contributed by atoms with Gasteiger partial charge >= 0.3 is 0 Å². The van der Waals surface area contributed by atoms with Crippen LogP contribution in [-0.2, 0) is 0 Å². The van der Waals surface area contributed by atoms with Crippen LogP contribution in [0.3, 0.4) is 0 Å². The maximum atomic E-state index is 12.0. The highest BCUT2D eigenvalue weighted by Crippen LogP contribution is 2.24. The average molecular weight is 397 g/mol. The summed E-state index contributed by atoms with van der Waals surface area (Å²) in [5.41, 5.74) is 4.06. The van der Waals surface area contributed by atoms with Crippen LogP contribution in [0, 0.1) is 17.0 Å². The van der Waals surface area contributed by atoms with Crippen molar-refractivity contribution in [3.05, 3.63) is 72.7 Å². The van der Waals surface area contributed by atoms with Crippen LogP contribution in [0.25, 0.3) is 0 Å². The van der Waals surface area contributed by atoms with E-state index in [0.29, 0.717) is 11.1 Å². The van der Waals surface area contributed by atoms with Crippen molar-refractivity contribution in [2.75, 3.05) is 0 Å². The van der Waals surface area contributed by atoms with E-state index in [4.69, 9.17) is 11.6 Å². The third kappa shape index (κ3) is 4.37. The van der Waals surface area contributed by atoms with Gasteiger partial charge in [-0.05, 0) is 30.7 Å². The fourth-order valence-corrected chi connectivity index (χ4v) is 2.28. The molecule has 8 heteroatoms. The minimum Gasteiger partial charge on any atom is -0.267 e. The van der Waals surface area contributed by atoms with Gasteiger partial charge in [0.2, 0.25) is 0 Å². The number of rotatable bonds is 4. The Kier molecular flexibility index (Phi) is 5.46. The molecular formula is C15H11BrClN3O3. The van der Waals surface area contributed by atoms with Crippen molar-refractivity contribution in [1.82, 2.24) is 5.43 Å². The summed E-state index contributed by atoms with van der Waals surface area (Å²) in [4.78, 5) is 22.2. The quantitative estimate of drug-likeness (QED) is 0.480. The standard InChI is InChI=1S/C15H11BrClN3O3/c1-9-2-4-11(7-12(9)16)15(21)19-18-8-10-3-5-13(17)14(6-10)20(22)23/h2-8H,1H3,(H,19,21)/b18-8+. The second-order valence-corrected chi connectivity index (χ2v) is 5.89. The van der Waals surface area contributed by atoms with Crippen molar-refractivity contribution in [1.29, 1.82) is 0 Å². The number of nitro groups is 1. The van der Waals surface area contributed by atoms with Crippen molar-refractivity contribution in [2.45, 2.75) is 6.92 Å². The number of carbonyl (C=O) groups is 1. The Bertz CT molecular complexity index is 809. The van der Waals surface area contributed by atoms with E-state index < -0.39 is 4.92 Å². The Balaban J connectivity index is 2.09. The zero-order valence-corrected chi connectivity index (χ0v) is 14.3. The van der Waals surface area contributed by atoms with Gasteiger partial charge in [-0.2, -0.15) is 5.10 Å². The molecule has 0 heterocycles. The zero-order chi connectivity index (χ0) is 17.0. The van der Waals surface area contributed by atoms with E-state index >= 15 is 0 Å². The summed E-state index contributed by atoms with van der Waals surface area (Å²) in [7, 11) is 0. The Morgan fingerprint density at radius 3 is 2.74 bits per heavy atom. The monoisotopic (exact) mass is 395 g/mol. The first-order valence-electron chi connectivity index (χ1n) is 6.42. The molecule has 23 heavy (non-hydrogen) atoms. The molecule has 2 aromatic carbocycles. The highest BCUT2D eigenvalue weighted by Gasteiger charge is 2.12. The third-order valence-corrected chi connectivity index (χ3v) is 4.15. The molecule has 0 bridgehead atoms. The van der Waals surface area contributed by atoms with E-state index in [1.165, 1.54) is 18.3 Å². The molecule has 0 aliphatic heterocycles. The van der Waals surface area contributed by atoms with Crippen LogP contribution in [-0.4, -0.2) is 17.0 Å². The Hall–Kier alpha value is -2.25. The molecule has 6 nitrogen and oxygen atoms in total. The van der Waals surface area contributed by atoms with Gasteiger partial charge in [0.15, 0.2) is 0 Å². The van der Waals surface area contributed by atoms with Crippen molar-refractivity contribution < 1.29 is 9.72 Å². The van der Waals surface area contributed by atoms with Gasteiger partial charge in [0.05, 0.1) is 11.1 Å². The number of hydrogen-bond acceptors (Lipinski definition) is 4. The normalized spacial score (nSPS) is 10.7. The highest BCUT2D eigenvalue weighted by atomic mass is 79.9. The predicted octanol–water partition coefficient (Wildman–Crippen LogP) is 4.08. The fourth-order valence-electron chi connectivity index (χ4n) is 1.71. The average Bonchev–Trinajstić information content (AvgIpc) is 2.51. The van der Waals surface area contributed by atoms with Gasteiger partial charge in [0, 0.05) is 21.7 Å². The Labute approximate surface area is 145 Å².